The van der Waals surface area contributed by atoms with Crippen molar-refractivity contribution in [3.8, 4) is 5.75 Å². The number of methoxy groups -OCH3 is 1. The molecule has 0 saturated carbocycles. The van der Waals surface area contributed by atoms with Gasteiger partial charge >= 0.3 is 0 Å². The lowest BCUT2D eigenvalue weighted by atomic mass is 9.94. The third-order valence-corrected chi connectivity index (χ3v) is 2.56. The lowest BCUT2D eigenvalue weighted by Gasteiger charge is -2.17. The van der Waals surface area contributed by atoms with Crippen molar-refractivity contribution in [2.24, 2.45) is 5.73 Å². The van der Waals surface area contributed by atoms with E-state index in [4.69, 9.17) is 10.5 Å². The molecule has 0 heterocycles. The van der Waals surface area contributed by atoms with E-state index in [-0.39, 0.29) is 0 Å². The maximum atomic E-state index is 5.68. The van der Waals surface area contributed by atoms with Crippen LogP contribution < -0.4 is 10.5 Å². The zero-order valence-corrected chi connectivity index (χ0v) is 9.42. The standard InChI is InChI=1S/C12H19NO/c1-8-5-9(2)12(10(3)7-13)11(6-8)14-4/h5-6,10H,7,13H2,1-4H3. The summed E-state index contributed by atoms with van der Waals surface area (Å²) in [6, 6.07) is 4.23. The summed E-state index contributed by atoms with van der Waals surface area (Å²) in [5.74, 6) is 1.31. The lowest BCUT2D eigenvalue weighted by Crippen LogP contribution is -2.11. The van der Waals surface area contributed by atoms with Gasteiger partial charge in [-0.1, -0.05) is 13.0 Å². The van der Waals surface area contributed by atoms with Crippen molar-refractivity contribution >= 4 is 0 Å². The zero-order chi connectivity index (χ0) is 10.7. The van der Waals surface area contributed by atoms with Crippen molar-refractivity contribution in [3.05, 3.63) is 28.8 Å². The second-order valence-corrected chi connectivity index (χ2v) is 3.83. The van der Waals surface area contributed by atoms with Gasteiger partial charge in [0.1, 0.15) is 5.75 Å². The minimum Gasteiger partial charge on any atom is -0.496 e. The molecule has 0 saturated heterocycles. The first kappa shape index (κ1) is 11.1. The van der Waals surface area contributed by atoms with E-state index in [2.05, 4.69) is 32.9 Å². The summed E-state index contributed by atoms with van der Waals surface area (Å²) in [5, 5.41) is 0. The smallest absolute Gasteiger partial charge is 0.122 e. The maximum Gasteiger partial charge on any atom is 0.122 e. The van der Waals surface area contributed by atoms with Crippen LogP contribution in [0.15, 0.2) is 12.1 Å². The van der Waals surface area contributed by atoms with Gasteiger partial charge < -0.3 is 10.5 Å². The molecule has 0 aliphatic heterocycles. The van der Waals surface area contributed by atoms with Crippen molar-refractivity contribution in [2.75, 3.05) is 13.7 Å². The van der Waals surface area contributed by atoms with Crippen molar-refractivity contribution in [3.63, 3.8) is 0 Å². The molecule has 0 aliphatic rings. The summed E-state index contributed by atoms with van der Waals surface area (Å²) < 4.78 is 5.37. The van der Waals surface area contributed by atoms with E-state index in [1.165, 1.54) is 16.7 Å². The molecule has 1 rings (SSSR count). The number of ether oxygens (including phenoxy) is 1. The molecular weight excluding hydrogens is 174 g/mol. The minimum atomic E-state index is 0.352. The highest BCUT2D eigenvalue weighted by Gasteiger charge is 2.13. The Bertz CT molecular complexity index is 320. The van der Waals surface area contributed by atoms with Gasteiger partial charge in [-0.2, -0.15) is 0 Å². The van der Waals surface area contributed by atoms with E-state index in [1.807, 2.05) is 0 Å². The molecule has 2 N–H and O–H groups in total. The SMILES string of the molecule is COc1cc(C)cc(C)c1C(C)CN. The largest absolute Gasteiger partial charge is 0.496 e. The van der Waals surface area contributed by atoms with Gasteiger partial charge in [-0.05, 0) is 43.5 Å². The molecule has 14 heavy (non-hydrogen) atoms. The average Bonchev–Trinajstić information content (AvgIpc) is 2.15. The molecule has 1 unspecified atom stereocenters. The Morgan fingerprint density at radius 3 is 2.50 bits per heavy atom. The zero-order valence-electron chi connectivity index (χ0n) is 9.42. The van der Waals surface area contributed by atoms with E-state index in [9.17, 15) is 0 Å². The first-order valence-corrected chi connectivity index (χ1v) is 4.95. The Hall–Kier alpha value is -1.02. The van der Waals surface area contributed by atoms with Gasteiger partial charge in [-0.3, -0.25) is 0 Å². The molecule has 78 valence electrons. The van der Waals surface area contributed by atoms with Crippen molar-refractivity contribution in [2.45, 2.75) is 26.7 Å². The Balaban J connectivity index is 3.24. The first-order valence-electron chi connectivity index (χ1n) is 4.95. The van der Waals surface area contributed by atoms with Gasteiger partial charge in [0, 0.05) is 5.56 Å². The van der Waals surface area contributed by atoms with Gasteiger partial charge in [0.25, 0.3) is 0 Å². The molecular formula is C12H19NO. The highest BCUT2D eigenvalue weighted by molar-refractivity contribution is 5.45. The molecule has 0 aliphatic carbocycles. The molecule has 0 amide bonds. The van der Waals surface area contributed by atoms with Crippen LogP contribution in [0.3, 0.4) is 0 Å². The van der Waals surface area contributed by atoms with Crippen LogP contribution in [0, 0.1) is 13.8 Å². The van der Waals surface area contributed by atoms with Crippen LogP contribution >= 0.6 is 0 Å². The quantitative estimate of drug-likeness (QED) is 0.800. The number of rotatable bonds is 3. The van der Waals surface area contributed by atoms with E-state index in [0.29, 0.717) is 12.5 Å². The Labute approximate surface area is 86.1 Å². The molecule has 2 heteroatoms. The molecule has 1 aromatic carbocycles. The van der Waals surface area contributed by atoms with Crippen LogP contribution in [-0.2, 0) is 0 Å². The van der Waals surface area contributed by atoms with Gasteiger partial charge in [0.05, 0.1) is 7.11 Å². The molecule has 0 aromatic heterocycles. The third kappa shape index (κ3) is 2.07. The minimum absolute atomic E-state index is 0.352. The molecule has 0 fully saturated rings. The summed E-state index contributed by atoms with van der Waals surface area (Å²) in [7, 11) is 1.71. The van der Waals surface area contributed by atoms with E-state index in [1.54, 1.807) is 7.11 Å². The Morgan fingerprint density at radius 1 is 1.36 bits per heavy atom. The number of nitrogens with two attached hydrogens (primary N) is 1. The van der Waals surface area contributed by atoms with Crippen LogP contribution in [0.25, 0.3) is 0 Å². The molecule has 0 bridgehead atoms. The number of hydrogen-bond acceptors (Lipinski definition) is 2. The fourth-order valence-electron chi connectivity index (χ4n) is 1.86. The summed E-state index contributed by atoms with van der Waals surface area (Å²) in [6.45, 7) is 6.96. The predicted octanol–water partition coefficient (Wildman–Crippen LogP) is 2.37. The van der Waals surface area contributed by atoms with Gasteiger partial charge in [-0.25, -0.2) is 0 Å². The summed E-state index contributed by atoms with van der Waals surface area (Å²) in [5.41, 5.74) is 9.41. The topological polar surface area (TPSA) is 35.2 Å². The first-order chi connectivity index (χ1) is 6.60. The van der Waals surface area contributed by atoms with Crippen molar-refractivity contribution in [1.82, 2.24) is 0 Å². The van der Waals surface area contributed by atoms with Crippen LogP contribution in [0.5, 0.6) is 5.75 Å². The predicted molar refractivity (Wildman–Crippen MR) is 59.9 cm³/mol. The fourth-order valence-corrected chi connectivity index (χ4v) is 1.86. The summed E-state index contributed by atoms with van der Waals surface area (Å²) >= 11 is 0. The van der Waals surface area contributed by atoms with Gasteiger partial charge in [-0.15, -0.1) is 0 Å². The van der Waals surface area contributed by atoms with Crippen LogP contribution in [-0.4, -0.2) is 13.7 Å². The monoisotopic (exact) mass is 193 g/mol. The molecule has 2 nitrogen and oxygen atoms in total. The van der Waals surface area contributed by atoms with E-state index in [0.717, 1.165) is 5.75 Å². The summed E-state index contributed by atoms with van der Waals surface area (Å²) in [4.78, 5) is 0. The lowest BCUT2D eigenvalue weighted by molar-refractivity contribution is 0.406. The van der Waals surface area contributed by atoms with Crippen LogP contribution in [0.2, 0.25) is 0 Å². The molecule has 0 spiro atoms. The number of hydrogen-bond donors (Lipinski definition) is 1. The normalized spacial score (nSPS) is 12.6. The molecule has 1 atom stereocenters. The Kier molecular flexibility index (Phi) is 3.53. The highest BCUT2D eigenvalue weighted by atomic mass is 16.5. The second kappa shape index (κ2) is 4.47. The third-order valence-electron chi connectivity index (χ3n) is 2.56. The molecule has 0 radical (unpaired) electrons. The Morgan fingerprint density at radius 2 is 2.00 bits per heavy atom. The molecule has 1 aromatic rings. The maximum absolute atomic E-state index is 5.68. The highest BCUT2D eigenvalue weighted by Crippen LogP contribution is 2.30. The van der Waals surface area contributed by atoms with E-state index >= 15 is 0 Å². The summed E-state index contributed by atoms with van der Waals surface area (Å²) in [6.07, 6.45) is 0. The van der Waals surface area contributed by atoms with Crippen LogP contribution in [0.1, 0.15) is 29.5 Å². The van der Waals surface area contributed by atoms with Gasteiger partial charge in [0.15, 0.2) is 0 Å². The van der Waals surface area contributed by atoms with Gasteiger partial charge in [0.2, 0.25) is 0 Å². The number of benzene rings is 1. The van der Waals surface area contributed by atoms with Crippen molar-refractivity contribution < 1.29 is 4.74 Å². The second-order valence-electron chi connectivity index (χ2n) is 3.83. The number of aryl methyl sites for hydroxylation is 2. The van der Waals surface area contributed by atoms with Crippen LogP contribution in [0.4, 0.5) is 0 Å². The van der Waals surface area contributed by atoms with Crippen molar-refractivity contribution in [1.29, 1.82) is 0 Å². The average molecular weight is 193 g/mol. The fraction of sp³-hybridized carbons (Fsp3) is 0.500. The van der Waals surface area contributed by atoms with E-state index < -0.39 is 0 Å².